The van der Waals surface area contributed by atoms with Crippen LogP contribution in [0.2, 0.25) is 5.02 Å². The number of hydrogen-bond acceptors (Lipinski definition) is 4. The van der Waals surface area contributed by atoms with Gasteiger partial charge in [0.25, 0.3) is 0 Å². The zero-order valence-electron chi connectivity index (χ0n) is 12.6. The van der Waals surface area contributed by atoms with E-state index in [1.807, 2.05) is 18.2 Å². The highest BCUT2D eigenvalue weighted by molar-refractivity contribution is 6.32. The van der Waals surface area contributed by atoms with Gasteiger partial charge in [0.05, 0.1) is 17.5 Å². The molecule has 0 saturated heterocycles. The fraction of sp³-hybridized carbons (Fsp3) is 0.118. The third kappa shape index (κ3) is 3.79. The summed E-state index contributed by atoms with van der Waals surface area (Å²) in [6, 6.07) is 14.1. The highest BCUT2D eigenvalue weighted by Crippen LogP contribution is 2.19. The summed E-state index contributed by atoms with van der Waals surface area (Å²) in [5.74, 6) is 0.509. The van der Waals surface area contributed by atoms with Gasteiger partial charge in [0.15, 0.2) is 11.6 Å². The van der Waals surface area contributed by atoms with E-state index < -0.39 is 6.10 Å². The van der Waals surface area contributed by atoms with Crippen LogP contribution in [0.1, 0.15) is 18.1 Å². The van der Waals surface area contributed by atoms with Crippen molar-refractivity contribution >= 4 is 23.3 Å². The number of carbonyl (C=O) groups is 1. The van der Waals surface area contributed by atoms with E-state index in [4.69, 9.17) is 11.6 Å². The lowest BCUT2D eigenvalue weighted by atomic mass is 10.1. The summed E-state index contributed by atoms with van der Waals surface area (Å²) in [5.41, 5.74) is 0.693. The second-order valence-electron chi connectivity index (χ2n) is 5.13. The Morgan fingerprint density at radius 1 is 1.21 bits per heavy atom. The molecule has 2 aromatic heterocycles. The number of anilines is 1. The van der Waals surface area contributed by atoms with Crippen molar-refractivity contribution in [3.63, 3.8) is 0 Å². The van der Waals surface area contributed by atoms with Crippen molar-refractivity contribution in [1.29, 1.82) is 0 Å². The molecule has 1 unspecified atom stereocenters. The summed E-state index contributed by atoms with van der Waals surface area (Å²) >= 11 is 6.07. The van der Waals surface area contributed by atoms with Crippen LogP contribution in [0.5, 0.6) is 0 Å². The van der Waals surface area contributed by atoms with Crippen molar-refractivity contribution in [3.8, 4) is 5.82 Å². The molecule has 0 aliphatic rings. The first-order valence-corrected chi connectivity index (χ1v) is 7.70. The van der Waals surface area contributed by atoms with Crippen LogP contribution in [0.4, 0.5) is 5.82 Å². The summed E-state index contributed by atoms with van der Waals surface area (Å²) in [6.45, 7) is 0. The highest BCUT2D eigenvalue weighted by atomic mass is 35.5. The molecule has 3 aromatic rings. The lowest BCUT2D eigenvalue weighted by Gasteiger charge is -2.10. The number of carbonyl (C=O) groups excluding carboxylic acids is 1. The number of aliphatic hydroxyl groups excluding tert-OH is 1. The molecule has 3 rings (SSSR count). The Morgan fingerprint density at radius 3 is 2.75 bits per heavy atom. The van der Waals surface area contributed by atoms with Gasteiger partial charge in [-0.15, -0.1) is 5.10 Å². The number of aliphatic hydroxyl groups is 1. The molecule has 6 nitrogen and oxygen atoms in total. The number of pyridine rings is 1. The molecule has 1 amide bonds. The summed E-state index contributed by atoms with van der Waals surface area (Å²) in [6.07, 6.45) is 2.34. The second kappa shape index (κ2) is 7.25. The number of nitrogens with zero attached hydrogens (tertiary/aromatic N) is 3. The number of halogens is 1. The summed E-state index contributed by atoms with van der Waals surface area (Å²) in [7, 11) is 0. The number of rotatable bonds is 5. The fourth-order valence-corrected chi connectivity index (χ4v) is 2.43. The van der Waals surface area contributed by atoms with E-state index in [1.165, 1.54) is 4.68 Å². The van der Waals surface area contributed by atoms with Crippen LogP contribution in [0.3, 0.4) is 0 Å². The first-order valence-electron chi connectivity index (χ1n) is 7.33. The van der Waals surface area contributed by atoms with Crippen LogP contribution >= 0.6 is 11.6 Å². The molecule has 0 fully saturated rings. The SMILES string of the molecule is O=C(CC(O)c1ccccc1)Nc1ccn(-c2ncccc2Cl)n1. The van der Waals surface area contributed by atoms with Gasteiger partial charge in [0, 0.05) is 18.5 Å². The van der Waals surface area contributed by atoms with E-state index in [0.717, 1.165) is 0 Å². The third-order valence-electron chi connectivity index (χ3n) is 3.38. The minimum Gasteiger partial charge on any atom is -0.388 e. The predicted molar refractivity (Wildman–Crippen MR) is 91.0 cm³/mol. The van der Waals surface area contributed by atoms with E-state index in [2.05, 4.69) is 15.4 Å². The van der Waals surface area contributed by atoms with Gasteiger partial charge >= 0.3 is 0 Å². The third-order valence-corrected chi connectivity index (χ3v) is 3.67. The van der Waals surface area contributed by atoms with Crippen LogP contribution in [-0.4, -0.2) is 25.8 Å². The molecular formula is C17H15ClN4O2. The number of hydrogen-bond donors (Lipinski definition) is 2. The lowest BCUT2D eigenvalue weighted by molar-refractivity contribution is -0.118. The van der Waals surface area contributed by atoms with Gasteiger partial charge in [-0.1, -0.05) is 41.9 Å². The van der Waals surface area contributed by atoms with Gasteiger partial charge < -0.3 is 10.4 Å². The van der Waals surface area contributed by atoms with Gasteiger partial charge in [-0.3, -0.25) is 4.79 Å². The average Bonchev–Trinajstić information content (AvgIpc) is 3.04. The summed E-state index contributed by atoms with van der Waals surface area (Å²) < 4.78 is 1.48. The number of aromatic nitrogens is 3. The maximum absolute atomic E-state index is 12.0. The summed E-state index contributed by atoms with van der Waals surface area (Å²) in [4.78, 5) is 16.2. The van der Waals surface area contributed by atoms with Crippen molar-refractivity contribution in [2.45, 2.75) is 12.5 Å². The standard InChI is InChI=1S/C17H15ClN4O2/c18-13-7-4-9-19-17(13)22-10-8-15(21-22)20-16(24)11-14(23)12-5-2-1-3-6-12/h1-10,14,23H,11H2,(H,20,21,24). The van der Waals surface area contributed by atoms with Gasteiger partial charge in [-0.2, -0.15) is 0 Å². The second-order valence-corrected chi connectivity index (χ2v) is 5.54. The largest absolute Gasteiger partial charge is 0.388 e. The Balaban J connectivity index is 1.65. The molecule has 122 valence electrons. The average molecular weight is 343 g/mol. The summed E-state index contributed by atoms with van der Waals surface area (Å²) in [5, 5.41) is 17.4. The van der Waals surface area contributed by atoms with Crippen LogP contribution in [0.15, 0.2) is 60.9 Å². The Kier molecular flexibility index (Phi) is 4.88. The smallest absolute Gasteiger partial charge is 0.228 e. The van der Waals surface area contributed by atoms with Crippen LogP contribution in [-0.2, 0) is 4.79 Å². The van der Waals surface area contributed by atoms with Crippen molar-refractivity contribution < 1.29 is 9.90 Å². The number of benzene rings is 1. The van der Waals surface area contributed by atoms with Gasteiger partial charge in [0.2, 0.25) is 5.91 Å². The Labute approximate surface area is 143 Å². The molecule has 1 atom stereocenters. The topological polar surface area (TPSA) is 80.0 Å². The Hall–Kier alpha value is -2.70. The first-order chi connectivity index (χ1) is 11.6. The molecule has 0 saturated carbocycles. The number of nitrogens with one attached hydrogen (secondary N) is 1. The van der Waals surface area contributed by atoms with E-state index >= 15 is 0 Å². The monoisotopic (exact) mass is 342 g/mol. The van der Waals surface area contributed by atoms with Gasteiger partial charge in [0.1, 0.15) is 0 Å². The predicted octanol–water partition coefficient (Wildman–Crippen LogP) is 2.98. The first kappa shape index (κ1) is 16.2. The minimum absolute atomic E-state index is 0.0543. The maximum atomic E-state index is 12.0. The van der Waals surface area contributed by atoms with Gasteiger partial charge in [-0.25, -0.2) is 9.67 Å². The van der Waals surface area contributed by atoms with E-state index in [-0.39, 0.29) is 12.3 Å². The molecule has 24 heavy (non-hydrogen) atoms. The molecular weight excluding hydrogens is 328 g/mol. The Morgan fingerprint density at radius 2 is 2.00 bits per heavy atom. The van der Waals surface area contributed by atoms with Crippen LogP contribution in [0, 0.1) is 0 Å². The molecule has 2 heterocycles. The van der Waals surface area contributed by atoms with Crippen molar-refractivity contribution in [2.75, 3.05) is 5.32 Å². The van der Waals surface area contributed by atoms with E-state index in [0.29, 0.717) is 22.2 Å². The number of amides is 1. The molecule has 1 aromatic carbocycles. The normalized spacial score (nSPS) is 11.9. The Bertz CT molecular complexity index is 835. The zero-order valence-corrected chi connectivity index (χ0v) is 13.4. The van der Waals surface area contributed by atoms with E-state index in [9.17, 15) is 9.90 Å². The molecule has 7 heteroatoms. The minimum atomic E-state index is -0.862. The maximum Gasteiger partial charge on any atom is 0.228 e. The van der Waals surface area contributed by atoms with Crippen LogP contribution < -0.4 is 5.32 Å². The van der Waals surface area contributed by atoms with E-state index in [1.54, 1.807) is 42.7 Å². The lowest BCUT2D eigenvalue weighted by Crippen LogP contribution is -2.16. The van der Waals surface area contributed by atoms with Gasteiger partial charge in [-0.05, 0) is 17.7 Å². The quantitative estimate of drug-likeness (QED) is 0.747. The zero-order chi connectivity index (χ0) is 16.9. The van der Waals surface area contributed by atoms with Crippen molar-refractivity contribution in [2.24, 2.45) is 0 Å². The fourth-order valence-electron chi connectivity index (χ4n) is 2.22. The molecule has 0 bridgehead atoms. The molecule has 0 aliphatic carbocycles. The molecule has 0 aliphatic heterocycles. The highest BCUT2D eigenvalue weighted by Gasteiger charge is 2.14. The van der Waals surface area contributed by atoms with Crippen molar-refractivity contribution in [3.05, 3.63) is 71.5 Å². The van der Waals surface area contributed by atoms with Crippen molar-refractivity contribution in [1.82, 2.24) is 14.8 Å². The molecule has 2 N–H and O–H groups in total. The van der Waals surface area contributed by atoms with Crippen LogP contribution in [0.25, 0.3) is 5.82 Å². The molecule has 0 spiro atoms. The molecule has 0 radical (unpaired) electrons.